The lowest BCUT2D eigenvalue weighted by molar-refractivity contribution is -0.119. The topological polar surface area (TPSA) is 74.8 Å². The van der Waals surface area contributed by atoms with Gasteiger partial charge in [-0.1, -0.05) is 42.1 Å². The number of thioether (sulfide) groups is 1. The van der Waals surface area contributed by atoms with Crippen LogP contribution in [0.1, 0.15) is 18.5 Å². The molecule has 0 saturated carbocycles. The predicted molar refractivity (Wildman–Crippen MR) is 78.6 cm³/mol. The van der Waals surface area contributed by atoms with Crippen LogP contribution in [0.15, 0.2) is 52.5 Å². The van der Waals surface area contributed by atoms with Gasteiger partial charge in [-0.05, 0) is 12.5 Å². The molecule has 6 heteroatoms. The van der Waals surface area contributed by atoms with Crippen LogP contribution in [-0.2, 0) is 4.79 Å². The second-order valence-corrected chi connectivity index (χ2v) is 5.19. The van der Waals surface area contributed by atoms with E-state index in [1.165, 1.54) is 24.0 Å². The number of aromatic amines is 1. The third kappa shape index (κ3) is 4.24. The van der Waals surface area contributed by atoms with Crippen LogP contribution < -0.4 is 10.9 Å². The molecule has 0 aliphatic rings. The van der Waals surface area contributed by atoms with Crippen molar-refractivity contribution in [2.75, 3.05) is 5.75 Å². The summed E-state index contributed by atoms with van der Waals surface area (Å²) in [6.07, 6.45) is 1.42. The van der Waals surface area contributed by atoms with Crippen LogP contribution in [0.4, 0.5) is 0 Å². The summed E-state index contributed by atoms with van der Waals surface area (Å²) in [6, 6.07) is 11.0. The van der Waals surface area contributed by atoms with E-state index >= 15 is 0 Å². The molecule has 1 atom stereocenters. The molecule has 20 heavy (non-hydrogen) atoms. The molecular formula is C14H15N3O2S. The van der Waals surface area contributed by atoms with Gasteiger partial charge >= 0.3 is 0 Å². The molecule has 0 unspecified atom stereocenters. The van der Waals surface area contributed by atoms with Crippen LogP contribution in [-0.4, -0.2) is 21.6 Å². The Morgan fingerprint density at radius 2 is 2.10 bits per heavy atom. The summed E-state index contributed by atoms with van der Waals surface area (Å²) in [5.74, 6) is 0.113. The number of H-pyrrole nitrogens is 1. The van der Waals surface area contributed by atoms with Crippen LogP contribution in [0.5, 0.6) is 0 Å². The summed E-state index contributed by atoms with van der Waals surface area (Å²) in [6.45, 7) is 1.93. The van der Waals surface area contributed by atoms with Gasteiger partial charge in [-0.25, -0.2) is 4.98 Å². The summed E-state index contributed by atoms with van der Waals surface area (Å²) >= 11 is 1.20. The van der Waals surface area contributed by atoms with E-state index in [1.807, 2.05) is 37.3 Å². The first kappa shape index (κ1) is 14.3. The number of nitrogens with zero attached hydrogens (tertiary/aromatic N) is 1. The van der Waals surface area contributed by atoms with E-state index in [2.05, 4.69) is 15.3 Å². The van der Waals surface area contributed by atoms with Gasteiger partial charge in [0.1, 0.15) is 0 Å². The van der Waals surface area contributed by atoms with Gasteiger partial charge in [0.15, 0.2) is 5.16 Å². The maximum Gasteiger partial charge on any atom is 0.251 e. The molecule has 0 saturated heterocycles. The van der Waals surface area contributed by atoms with Gasteiger partial charge in [0.05, 0.1) is 11.8 Å². The Morgan fingerprint density at radius 3 is 2.80 bits per heavy atom. The molecule has 2 N–H and O–H groups in total. The predicted octanol–water partition coefficient (Wildman–Crippen LogP) is 1.74. The molecule has 2 aromatic rings. The molecule has 1 amide bonds. The number of hydrogen-bond donors (Lipinski definition) is 2. The Hall–Kier alpha value is -2.08. The Bertz CT molecular complexity index is 628. The van der Waals surface area contributed by atoms with Gasteiger partial charge in [-0.15, -0.1) is 0 Å². The first-order valence-electron chi connectivity index (χ1n) is 6.17. The van der Waals surface area contributed by atoms with Crippen molar-refractivity contribution in [2.45, 2.75) is 18.1 Å². The highest BCUT2D eigenvalue weighted by molar-refractivity contribution is 7.99. The van der Waals surface area contributed by atoms with Crippen LogP contribution in [0.3, 0.4) is 0 Å². The lowest BCUT2D eigenvalue weighted by atomic mass is 10.1. The van der Waals surface area contributed by atoms with Crippen LogP contribution in [0.2, 0.25) is 0 Å². The lowest BCUT2D eigenvalue weighted by Crippen LogP contribution is -2.28. The zero-order valence-corrected chi connectivity index (χ0v) is 11.8. The number of carbonyl (C=O) groups is 1. The first-order chi connectivity index (χ1) is 9.65. The fraction of sp³-hybridized carbons (Fsp3) is 0.214. The maximum atomic E-state index is 11.8. The van der Waals surface area contributed by atoms with E-state index in [1.54, 1.807) is 0 Å². The number of carbonyl (C=O) groups excluding carboxylic acids is 1. The van der Waals surface area contributed by atoms with Crippen LogP contribution >= 0.6 is 11.8 Å². The molecule has 0 fully saturated rings. The molecule has 0 bridgehead atoms. The van der Waals surface area contributed by atoms with E-state index < -0.39 is 0 Å². The summed E-state index contributed by atoms with van der Waals surface area (Å²) in [5.41, 5.74) is 0.831. The normalized spacial score (nSPS) is 11.8. The van der Waals surface area contributed by atoms with Gasteiger partial charge in [0, 0.05) is 12.3 Å². The average molecular weight is 289 g/mol. The van der Waals surface area contributed by atoms with Crippen LogP contribution in [0, 0.1) is 0 Å². The van der Waals surface area contributed by atoms with E-state index in [9.17, 15) is 9.59 Å². The van der Waals surface area contributed by atoms with Gasteiger partial charge in [-0.3, -0.25) is 9.59 Å². The molecule has 104 valence electrons. The summed E-state index contributed by atoms with van der Waals surface area (Å²) < 4.78 is 0. The van der Waals surface area contributed by atoms with E-state index in [4.69, 9.17) is 0 Å². The lowest BCUT2D eigenvalue weighted by Gasteiger charge is -2.13. The minimum absolute atomic E-state index is 0.0490. The largest absolute Gasteiger partial charge is 0.349 e. The molecule has 0 radical (unpaired) electrons. The van der Waals surface area contributed by atoms with E-state index in [0.29, 0.717) is 5.16 Å². The third-order valence-electron chi connectivity index (χ3n) is 2.66. The van der Waals surface area contributed by atoms with Gasteiger partial charge < -0.3 is 10.3 Å². The number of nitrogens with one attached hydrogen (secondary N) is 2. The smallest absolute Gasteiger partial charge is 0.251 e. The average Bonchev–Trinajstić information content (AvgIpc) is 2.46. The van der Waals surface area contributed by atoms with Gasteiger partial charge in [-0.2, -0.15) is 0 Å². The first-order valence-corrected chi connectivity index (χ1v) is 7.16. The number of rotatable bonds is 5. The van der Waals surface area contributed by atoms with Crippen molar-refractivity contribution in [3.63, 3.8) is 0 Å². The molecule has 1 aromatic carbocycles. The summed E-state index contributed by atoms with van der Waals surface area (Å²) in [7, 11) is 0. The van der Waals surface area contributed by atoms with Crippen molar-refractivity contribution in [2.24, 2.45) is 0 Å². The second-order valence-electron chi connectivity index (χ2n) is 4.23. The quantitative estimate of drug-likeness (QED) is 0.649. The standard InChI is InChI=1S/C14H15N3O2S/c1-10(11-5-3-2-4-6-11)16-13(19)9-20-14-15-8-7-12(18)17-14/h2-8,10H,9H2,1H3,(H,16,19)(H,15,17,18)/t10-/m0/s1. The van der Waals surface area contributed by atoms with Gasteiger partial charge in [0.25, 0.3) is 5.56 Å². The molecule has 0 aliphatic carbocycles. The van der Waals surface area contributed by atoms with Gasteiger partial charge in [0.2, 0.25) is 5.91 Å². The highest BCUT2D eigenvalue weighted by atomic mass is 32.2. The maximum absolute atomic E-state index is 11.8. The zero-order chi connectivity index (χ0) is 14.4. The Balaban J connectivity index is 1.85. The summed E-state index contributed by atoms with van der Waals surface area (Å²) in [4.78, 5) is 29.5. The van der Waals surface area contributed by atoms with Crippen molar-refractivity contribution in [1.82, 2.24) is 15.3 Å². The van der Waals surface area contributed by atoms with E-state index in [-0.39, 0.29) is 23.3 Å². The van der Waals surface area contributed by atoms with E-state index in [0.717, 1.165) is 5.56 Å². The second kappa shape index (κ2) is 6.91. The Labute approximate surface area is 120 Å². The number of benzene rings is 1. The van der Waals surface area contributed by atoms with Crippen molar-refractivity contribution >= 4 is 17.7 Å². The third-order valence-corrected chi connectivity index (χ3v) is 3.55. The Morgan fingerprint density at radius 1 is 1.35 bits per heavy atom. The molecule has 2 rings (SSSR count). The fourth-order valence-electron chi connectivity index (χ4n) is 1.67. The molecule has 1 aromatic heterocycles. The number of hydrogen-bond acceptors (Lipinski definition) is 4. The SMILES string of the molecule is C[C@H](NC(=O)CSc1nccc(=O)[nH]1)c1ccccc1. The molecule has 0 aliphatic heterocycles. The molecule has 0 spiro atoms. The van der Waals surface area contributed by atoms with Crippen molar-refractivity contribution < 1.29 is 4.79 Å². The minimum Gasteiger partial charge on any atom is -0.349 e. The molecular weight excluding hydrogens is 274 g/mol. The highest BCUT2D eigenvalue weighted by Gasteiger charge is 2.10. The number of amides is 1. The van der Waals surface area contributed by atoms with Crippen molar-refractivity contribution in [3.05, 3.63) is 58.5 Å². The Kier molecular flexibility index (Phi) is 4.95. The van der Waals surface area contributed by atoms with Crippen molar-refractivity contribution in [1.29, 1.82) is 0 Å². The summed E-state index contributed by atoms with van der Waals surface area (Å²) in [5, 5.41) is 3.35. The highest BCUT2D eigenvalue weighted by Crippen LogP contribution is 2.13. The minimum atomic E-state index is -0.222. The zero-order valence-electron chi connectivity index (χ0n) is 11.0. The monoisotopic (exact) mass is 289 g/mol. The van der Waals surface area contributed by atoms with Crippen molar-refractivity contribution in [3.8, 4) is 0 Å². The fourth-order valence-corrected chi connectivity index (χ4v) is 2.33. The number of aromatic nitrogens is 2. The van der Waals surface area contributed by atoms with Crippen LogP contribution in [0.25, 0.3) is 0 Å². The molecule has 1 heterocycles. The molecule has 5 nitrogen and oxygen atoms in total.